The van der Waals surface area contributed by atoms with Crippen molar-refractivity contribution in [2.45, 2.75) is 25.5 Å². The molecule has 2 heterocycles. The minimum Gasteiger partial charge on any atom is -0.276 e. The summed E-state index contributed by atoms with van der Waals surface area (Å²) in [5, 5.41) is 17.8. The standard InChI is InChI=1S/C23H19ClN6O2S/c1-13-19(11-25)21(22(26-3)14(2)27-13)16-6-9-20-18(10-16)23(29-28-20)30-33(31,32)12-15-4-7-17(24)8-5-15/h4-10,19,21H,12H2,1-2H3,(H2,28,29,30). The number of nitriles is 1. The monoisotopic (exact) mass is 478 g/mol. The lowest BCUT2D eigenvalue weighted by Crippen LogP contribution is -2.24. The van der Waals surface area contributed by atoms with E-state index in [2.05, 4.69) is 30.8 Å². The number of anilines is 1. The Balaban J connectivity index is 1.71. The van der Waals surface area contributed by atoms with E-state index in [1.54, 1.807) is 50.2 Å². The highest BCUT2D eigenvalue weighted by Gasteiger charge is 2.34. The van der Waals surface area contributed by atoms with Gasteiger partial charge in [-0.25, -0.2) is 13.3 Å². The third-order valence-electron chi connectivity index (χ3n) is 5.52. The van der Waals surface area contributed by atoms with E-state index in [0.717, 1.165) is 0 Å². The van der Waals surface area contributed by atoms with Crippen molar-refractivity contribution in [1.82, 2.24) is 10.2 Å². The predicted octanol–water partition coefficient (Wildman–Crippen LogP) is 5.01. The smallest absolute Gasteiger partial charge is 0.238 e. The zero-order chi connectivity index (χ0) is 23.8. The van der Waals surface area contributed by atoms with Crippen molar-refractivity contribution < 1.29 is 8.42 Å². The molecule has 166 valence electrons. The first-order chi connectivity index (χ1) is 15.7. The lowest BCUT2D eigenvalue weighted by molar-refractivity contribution is 0.600. The molecule has 2 aromatic carbocycles. The summed E-state index contributed by atoms with van der Waals surface area (Å²) in [5.74, 6) is -1.17. The van der Waals surface area contributed by atoms with E-state index in [0.29, 0.717) is 44.2 Å². The van der Waals surface area contributed by atoms with Crippen molar-refractivity contribution in [3.8, 4) is 6.07 Å². The second-order valence-electron chi connectivity index (χ2n) is 7.78. The van der Waals surface area contributed by atoms with Crippen molar-refractivity contribution in [1.29, 1.82) is 5.26 Å². The number of hydrogen-bond acceptors (Lipinski definition) is 5. The number of nitrogens with one attached hydrogen (secondary N) is 2. The highest BCUT2D eigenvalue weighted by Crippen LogP contribution is 2.40. The molecule has 0 saturated carbocycles. The number of hydrogen-bond donors (Lipinski definition) is 2. The van der Waals surface area contributed by atoms with Gasteiger partial charge in [-0.2, -0.15) is 10.4 Å². The summed E-state index contributed by atoms with van der Waals surface area (Å²) in [7, 11) is -3.75. The fourth-order valence-electron chi connectivity index (χ4n) is 3.97. The second-order valence-corrected chi connectivity index (χ2v) is 9.94. The van der Waals surface area contributed by atoms with E-state index in [-0.39, 0.29) is 11.6 Å². The van der Waals surface area contributed by atoms with Gasteiger partial charge in [0.2, 0.25) is 10.0 Å². The molecule has 0 spiro atoms. The maximum Gasteiger partial charge on any atom is 0.238 e. The van der Waals surface area contributed by atoms with Gasteiger partial charge in [0.05, 0.1) is 29.8 Å². The van der Waals surface area contributed by atoms with Gasteiger partial charge in [-0.05, 0) is 49.2 Å². The van der Waals surface area contributed by atoms with Crippen LogP contribution in [0, 0.1) is 23.8 Å². The van der Waals surface area contributed by atoms with Crippen LogP contribution in [-0.2, 0) is 15.8 Å². The first-order valence-corrected chi connectivity index (χ1v) is 12.0. The molecule has 0 fully saturated rings. The van der Waals surface area contributed by atoms with Crippen LogP contribution in [0.25, 0.3) is 15.7 Å². The third-order valence-corrected chi connectivity index (χ3v) is 6.99. The van der Waals surface area contributed by atoms with Crippen LogP contribution in [0.4, 0.5) is 5.82 Å². The summed E-state index contributed by atoms with van der Waals surface area (Å²) < 4.78 is 28.1. The van der Waals surface area contributed by atoms with Gasteiger partial charge in [0, 0.05) is 27.7 Å². The first-order valence-electron chi connectivity index (χ1n) is 9.98. The second kappa shape index (κ2) is 8.70. The predicted molar refractivity (Wildman–Crippen MR) is 128 cm³/mol. The zero-order valence-corrected chi connectivity index (χ0v) is 19.4. The zero-order valence-electron chi connectivity index (χ0n) is 17.8. The number of aliphatic imine (C=N–C) groups is 1. The molecule has 1 aliphatic rings. The molecule has 33 heavy (non-hydrogen) atoms. The maximum absolute atomic E-state index is 12.8. The normalized spacial score (nSPS) is 18.5. The highest BCUT2D eigenvalue weighted by atomic mass is 35.5. The van der Waals surface area contributed by atoms with Gasteiger partial charge < -0.3 is 0 Å². The van der Waals surface area contributed by atoms with E-state index < -0.39 is 21.9 Å². The molecular formula is C23H19ClN6O2S. The van der Waals surface area contributed by atoms with Crippen LogP contribution < -0.4 is 4.72 Å². The van der Waals surface area contributed by atoms with E-state index in [1.165, 1.54) is 0 Å². The molecule has 2 N–H and O–H groups in total. The lowest BCUT2D eigenvalue weighted by atomic mass is 9.79. The molecule has 0 saturated heterocycles. The van der Waals surface area contributed by atoms with E-state index in [1.807, 2.05) is 6.07 Å². The van der Waals surface area contributed by atoms with Crippen LogP contribution in [0.1, 0.15) is 30.9 Å². The van der Waals surface area contributed by atoms with Crippen LogP contribution in [-0.4, -0.2) is 24.3 Å². The quantitative estimate of drug-likeness (QED) is 0.501. The average Bonchev–Trinajstić information content (AvgIpc) is 3.16. The SMILES string of the molecule is [C-]#[N+]C1=C(C)N=C(C)C(C#N)C1c1ccc2[nH]nc(NS(=O)(=O)Cc3ccc(Cl)cc3)c2c1. The molecule has 2 unspecified atom stereocenters. The van der Waals surface area contributed by atoms with Crippen molar-refractivity contribution in [3.05, 3.63) is 81.4 Å². The third kappa shape index (κ3) is 4.47. The van der Waals surface area contributed by atoms with Crippen LogP contribution in [0.15, 0.2) is 58.9 Å². The number of H-pyrrole nitrogens is 1. The summed E-state index contributed by atoms with van der Waals surface area (Å²) in [5.41, 5.74) is 3.55. The Labute approximate surface area is 196 Å². The van der Waals surface area contributed by atoms with Gasteiger partial charge in [-0.15, -0.1) is 0 Å². The molecule has 0 amide bonds. The van der Waals surface area contributed by atoms with Gasteiger partial charge in [0.1, 0.15) is 0 Å². The molecule has 4 rings (SSSR count). The number of sulfonamides is 1. The minimum absolute atomic E-state index is 0.153. The maximum atomic E-state index is 12.8. The van der Waals surface area contributed by atoms with Gasteiger partial charge in [-0.1, -0.05) is 29.8 Å². The first kappa shape index (κ1) is 22.5. The Hall–Kier alpha value is -3.66. The Morgan fingerprint density at radius 1 is 1.24 bits per heavy atom. The number of fused-ring (bicyclic) bond motifs is 1. The topological polar surface area (TPSA) is 115 Å². The number of rotatable bonds is 5. The highest BCUT2D eigenvalue weighted by molar-refractivity contribution is 7.91. The van der Waals surface area contributed by atoms with Crippen molar-refractivity contribution in [2.24, 2.45) is 10.9 Å². The largest absolute Gasteiger partial charge is 0.276 e. The Kier molecular flexibility index (Phi) is 5.94. The fraction of sp³-hybridized carbons (Fsp3) is 0.217. The lowest BCUT2D eigenvalue weighted by Gasteiger charge is -2.26. The summed E-state index contributed by atoms with van der Waals surface area (Å²) in [6.07, 6.45) is 0. The van der Waals surface area contributed by atoms with Crippen LogP contribution in [0.5, 0.6) is 0 Å². The summed E-state index contributed by atoms with van der Waals surface area (Å²) in [4.78, 5) is 8.02. The molecule has 0 aliphatic carbocycles. The molecule has 1 aliphatic heterocycles. The Bertz CT molecular complexity index is 1490. The fourth-order valence-corrected chi connectivity index (χ4v) is 5.25. The molecule has 10 heteroatoms. The number of nitrogens with zero attached hydrogens (tertiary/aromatic N) is 4. The van der Waals surface area contributed by atoms with Gasteiger partial charge >= 0.3 is 0 Å². The number of benzene rings is 2. The molecule has 2 atom stereocenters. The minimum atomic E-state index is -3.75. The van der Waals surface area contributed by atoms with E-state index >= 15 is 0 Å². The molecule has 8 nitrogen and oxygen atoms in total. The molecule has 3 aromatic rings. The van der Waals surface area contributed by atoms with E-state index in [4.69, 9.17) is 18.2 Å². The van der Waals surface area contributed by atoms with Crippen LogP contribution >= 0.6 is 11.6 Å². The number of allylic oxidation sites excluding steroid dienone is 2. The van der Waals surface area contributed by atoms with Crippen LogP contribution in [0.2, 0.25) is 5.02 Å². The van der Waals surface area contributed by atoms with Crippen LogP contribution in [0.3, 0.4) is 0 Å². The Morgan fingerprint density at radius 2 is 1.97 bits per heavy atom. The molecular weight excluding hydrogens is 460 g/mol. The number of halogens is 1. The van der Waals surface area contributed by atoms with Crippen molar-refractivity contribution in [3.63, 3.8) is 0 Å². The molecule has 0 radical (unpaired) electrons. The number of aromatic nitrogens is 2. The summed E-state index contributed by atoms with van der Waals surface area (Å²) >= 11 is 5.87. The molecule has 0 bridgehead atoms. The van der Waals surface area contributed by atoms with Gasteiger partial charge in [0.15, 0.2) is 11.5 Å². The van der Waals surface area contributed by atoms with Crippen molar-refractivity contribution >= 4 is 44.1 Å². The van der Waals surface area contributed by atoms with E-state index in [9.17, 15) is 13.7 Å². The van der Waals surface area contributed by atoms with Crippen molar-refractivity contribution in [2.75, 3.05) is 4.72 Å². The molecule has 1 aromatic heterocycles. The average molecular weight is 479 g/mol. The summed E-state index contributed by atoms with van der Waals surface area (Å²) in [6, 6.07) is 14.2. The van der Waals surface area contributed by atoms with Gasteiger partial charge in [0.25, 0.3) is 0 Å². The van der Waals surface area contributed by atoms with Gasteiger partial charge in [-0.3, -0.25) is 14.8 Å². The Morgan fingerprint density at radius 3 is 2.64 bits per heavy atom. The number of aromatic amines is 1. The summed E-state index contributed by atoms with van der Waals surface area (Å²) in [6.45, 7) is 11.2.